The van der Waals surface area contributed by atoms with Crippen molar-refractivity contribution < 1.29 is 18.0 Å². The van der Waals surface area contributed by atoms with Crippen molar-refractivity contribution in [1.29, 1.82) is 0 Å². The molecule has 0 saturated carbocycles. The molecule has 0 aromatic heterocycles. The number of aryl methyl sites for hydroxylation is 1. The summed E-state index contributed by atoms with van der Waals surface area (Å²) in [5, 5.41) is 3.39. The number of hydrogen-bond donors (Lipinski definition) is 1. The summed E-state index contributed by atoms with van der Waals surface area (Å²) in [7, 11) is -4.15. The first-order valence-corrected chi connectivity index (χ1v) is 15.9. The predicted molar refractivity (Wildman–Crippen MR) is 171 cm³/mol. The molecular formula is C34H36ClN3O4S. The maximum absolute atomic E-state index is 14.4. The van der Waals surface area contributed by atoms with E-state index in [1.807, 2.05) is 63.2 Å². The van der Waals surface area contributed by atoms with Crippen LogP contribution in [0.1, 0.15) is 30.5 Å². The van der Waals surface area contributed by atoms with E-state index >= 15 is 0 Å². The second kappa shape index (κ2) is 14.4. The molecule has 0 aliphatic rings. The van der Waals surface area contributed by atoms with Gasteiger partial charge in [0.15, 0.2) is 0 Å². The van der Waals surface area contributed by atoms with Gasteiger partial charge in [0.25, 0.3) is 10.0 Å². The molecule has 43 heavy (non-hydrogen) atoms. The second-order valence-electron chi connectivity index (χ2n) is 10.6. The van der Waals surface area contributed by atoms with Crippen LogP contribution < -0.4 is 9.62 Å². The van der Waals surface area contributed by atoms with E-state index in [4.69, 9.17) is 11.6 Å². The molecule has 0 fully saturated rings. The van der Waals surface area contributed by atoms with Crippen molar-refractivity contribution in [3.8, 4) is 0 Å². The quantitative estimate of drug-likeness (QED) is 0.211. The maximum Gasteiger partial charge on any atom is 0.264 e. The van der Waals surface area contributed by atoms with Gasteiger partial charge in [-0.15, -0.1) is 0 Å². The first kappa shape index (κ1) is 31.8. The van der Waals surface area contributed by atoms with Gasteiger partial charge in [-0.2, -0.15) is 0 Å². The molecular weight excluding hydrogens is 582 g/mol. The molecule has 1 atom stereocenters. The Labute approximate surface area is 259 Å². The summed E-state index contributed by atoms with van der Waals surface area (Å²) in [6.07, 6.45) is 0.228. The number of hydrogen-bond acceptors (Lipinski definition) is 4. The van der Waals surface area contributed by atoms with Crippen LogP contribution in [0, 0.1) is 6.92 Å². The average molecular weight is 618 g/mol. The van der Waals surface area contributed by atoms with Crippen molar-refractivity contribution in [2.75, 3.05) is 10.8 Å². The van der Waals surface area contributed by atoms with Crippen LogP contribution in [-0.4, -0.2) is 43.8 Å². The van der Waals surface area contributed by atoms with Crippen molar-refractivity contribution in [2.45, 2.75) is 50.7 Å². The fraction of sp³-hybridized carbons (Fsp3) is 0.235. The molecule has 4 aromatic rings. The number of rotatable bonds is 12. The molecule has 0 heterocycles. The van der Waals surface area contributed by atoms with Gasteiger partial charge in [0.2, 0.25) is 11.8 Å². The third kappa shape index (κ3) is 8.24. The smallest absolute Gasteiger partial charge is 0.264 e. The predicted octanol–water partition coefficient (Wildman–Crippen LogP) is 6.01. The summed E-state index contributed by atoms with van der Waals surface area (Å²) in [5.74, 6) is -0.881. The molecule has 9 heteroatoms. The van der Waals surface area contributed by atoms with Crippen molar-refractivity contribution in [2.24, 2.45) is 0 Å². The standard InChI is InChI=1S/C34H36ClN3O4S/c1-25(2)36-34(40)32(22-27-14-6-4-7-15-27)37(23-28-16-10-11-20-31(28)35)33(39)24-38(29-17-12-13-26(3)21-29)43(41,42)30-18-8-5-9-19-30/h4-21,25,32H,22-24H2,1-3H3,(H,36,40)/t32-/m0/s1. The minimum absolute atomic E-state index is 0.00850. The Morgan fingerprint density at radius 1 is 0.837 bits per heavy atom. The number of sulfonamides is 1. The van der Waals surface area contributed by atoms with Gasteiger partial charge in [0.1, 0.15) is 12.6 Å². The number of carbonyl (C=O) groups excluding carboxylic acids is 2. The largest absolute Gasteiger partial charge is 0.352 e. The molecule has 4 aromatic carbocycles. The second-order valence-corrected chi connectivity index (χ2v) is 12.9. The zero-order valence-electron chi connectivity index (χ0n) is 24.5. The zero-order chi connectivity index (χ0) is 31.0. The summed E-state index contributed by atoms with van der Waals surface area (Å²) in [6.45, 7) is 5.04. The van der Waals surface area contributed by atoms with Crippen LogP contribution in [0.3, 0.4) is 0 Å². The van der Waals surface area contributed by atoms with E-state index in [9.17, 15) is 18.0 Å². The number of halogens is 1. The Kier molecular flexibility index (Phi) is 10.6. The fourth-order valence-electron chi connectivity index (χ4n) is 4.78. The summed E-state index contributed by atoms with van der Waals surface area (Å²) in [4.78, 5) is 29.6. The number of nitrogens with one attached hydrogen (secondary N) is 1. The first-order valence-electron chi connectivity index (χ1n) is 14.1. The van der Waals surface area contributed by atoms with Crippen LogP contribution in [0.25, 0.3) is 0 Å². The molecule has 0 saturated heterocycles. The van der Waals surface area contributed by atoms with Gasteiger partial charge in [-0.25, -0.2) is 8.42 Å². The Bertz CT molecular complexity index is 1650. The van der Waals surface area contributed by atoms with Crippen molar-refractivity contribution >= 4 is 39.1 Å². The summed E-state index contributed by atoms with van der Waals surface area (Å²) in [6, 6.07) is 30.4. The van der Waals surface area contributed by atoms with Gasteiger partial charge in [-0.05, 0) is 67.8 Å². The molecule has 0 spiro atoms. The Morgan fingerprint density at radius 2 is 1.47 bits per heavy atom. The highest BCUT2D eigenvalue weighted by Gasteiger charge is 2.35. The number of amides is 2. The monoisotopic (exact) mass is 617 g/mol. The molecule has 0 unspecified atom stereocenters. The Hall–Kier alpha value is -4.14. The van der Waals surface area contributed by atoms with E-state index in [-0.39, 0.29) is 29.8 Å². The molecule has 2 amide bonds. The van der Waals surface area contributed by atoms with Crippen molar-refractivity contribution in [3.05, 3.63) is 131 Å². The maximum atomic E-state index is 14.4. The van der Waals surface area contributed by atoms with E-state index in [2.05, 4.69) is 5.32 Å². The molecule has 0 radical (unpaired) electrons. The molecule has 1 N–H and O–H groups in total. The van der Waals surface area contributed by atoms with Gasteiger partial charge >= 0.3 is 0 Å². The summed E-state index contributed by atoms with van der Waals surface area (Å²) >= 11 is 6.53. The van der Waals surface area contributed by atoms with Gasteiger partial charge in [0.05, 0.1) is 10.6 Å². The number of benzene rings is 4. The van der Waals surface area contributed by atoms with E-state index in [0.717, 1.165) is 15.4 Å². The molecule has 7 nitrogen and oxygen atoms in total. The minimum atomic E-state index is -4.15. The molecule has 0 aliphatic heterocycles. The molecule has 0 bridgehead atoms. The molecule has 224 valence electrons. The SMILES string of the molecule is Cc1cccc(N(CC(=O)N(Cc2ccccc2Cl)[C@@H](Cc2ccccc2)C(=O)NC(C)C)S(=O)(=O)c2ccccc2)c1. The topological polar surface area (TPSA) is 86.8 Å². The number of anilines is 1. The number of nitrogens with zero attached hydrogens (tertiary/aromatic N) is 2. The van der Waals surface area contributed by atoms with Crippen LogP contribution in [0.4, 0.5) is 5.69 Å². The highest BCUT2D eigenvalue weighted by Crippen LogP contribution is 2.26. The van der Waals surface area contributed by atoms with Crippen molar-refractivity contribution in [1.82, 2.24) is 10.2 Å². The lowest BCUT2D eigenvalue weighted by Crippen LogP contribution is -2.54. The van der Waals surface area contributed by atoms with Crippen molar-refractivity contribution in [3.63, 3.8) is 0 Å². The normalized spacial score (nSPS) is 12.0. The van der Waals surface area contributed by atoms with Crippen LogP contribution in [-0.2, 0) is 32.6 Å². The highest BCUT2D eigenvalue weighted by atomic mass is 35.5. The van der Waals surface area contributed by atoms with Crippen LogP contribution in [0.5, 0.6) is 0 Å². The van der Waals surface area contributed by atoms with Gasteiger partial charge in [0, 0.05) is 24.0 Å². The zero-order valence-corrected chi connectivity index (χ0v) is 26.1. The lowest BCUT2D eigenvalue weighted by molar-refractivity contribution is -0.140. The van der Waals surface area contributed by atoms with Crippen LogP contribution >= 0.6 is 11.6 Å². The van der Waals surface area contributed by atoms with E-state index in [1.54, 1.807) is 54.6 Å². The Balaban J connectivity index is 1.81. The molecule has 0 aliphatic carbocycles. The summed E-state index contributed by atoms with van der Waals surface area (Å²) < 4.78 is 29.1. The molecule has 4 rings (SSSR count). The lowest BCUT2D eigenvalue weighted by Gasteiger charge is -2.34. The third-order valence-electron chi connectivity index (χ3n) is 6.90. The third-order valence-corrected chi connectivity index (χ3v) is 9.06. The van der Waals surface area contributed by atoms with Crippen LogP contribution in [0.2, 0.25) is 5.02 Å². The van der Waals surface area contributed by atoms with Gasteiger partial charge in [-0.1, -0.05) is 90.5 Å². The van der Waals surface area contributed by atoms with Gasteiger partial charge < -0.3 is 10.2 Å². The number of carbonyl (C=O) groups is 2. The highest BCUT2D eigenvalue weighted by molar-refractivity contribution is 7.92. The summed E-state index contributed by atoms with van der Waals surface area (Å²) in [5.41, 5.74) is 2.68. The fourth-order valence-corrected chi connectivity index (χ4v) is 6.40. The minimum Gasteiger partial charge on any atom is -0.352 e. The Morgan fingerprint density at radius 3 is 2.09 bits per heavy atom. The van der Waals surface area contributed by atoms with Gasteiger partial charge in [-0.3, -0.25) is 13.9 Å². The average Bonchev–Trinajstić information content (AvgIpc) is 2.99. The van der Waals surface area contributed by atoms with E-state index in [1.165, 1.54) is 17.0 Å². The van der Waals surface area contributed by atoms with E-state index < -0.39 is 28.5 Å². The lowest BCUT2D eigenvalue weighted by atomic mass is 10.0. The first-order chi connectivity index (χ1) is 20.6. The van der Waals surface area contributed by atoms with Crippen LogP contribution in [0.15, 0.2) is 114 Å². The van der Waals surface area contributed by atoms with E-state index in [0.29, 0.717) is 16.3 Å².